The van der Waals surface area contributed by atoms with Crippen LogP contribution in [0.15, 0.2) is 24.2 Å². The molecule has 0 unspecified atom stereocenters. The van der Waals surface area contributed by atoms with Crippen LogP contribution in [0.5, 0.6) is 0 Å². The van der Waals surface area contributed by atoms with E-state index in [1.807, 2.05) is 24.0 Å². The lowest BCUT2D eigenvalue weighted by Crippen LogP contribution is -2.24. The monoisotopic (exact) mass is 190 g/mol. The number of para-hydroxylation sites is 1. The highest BCUT2D eigenvalue weighted by atomic mass is 16.2. The molecular formula is C12H15NO. The van der Waals surface area contributed by atoms with E-state index in [9.17, 15) is 4.79 Å². The first-order chi connectivity index (χ1) is 7.24. The fraction of sp³-hybridized carbons (Fsp3) is 0.417. The number of anilines is 1. The fourth-order valence-electron chi connectivity index (χ4n) is 1.90. The van der Waals surface area contributed by atoms with Crippen molar-refractivity contribution in [1.29, 1.82) is 0 Å². The van der Waals surface area contributed by atoms with Gasteiger partial charge in [0.25, 0.3) is 0 Å². The Bertz CT molecular complexity index is 389. The van der Waals surface area contributed by atoms with Gasteiger partial charge < -0.3 is 4.90 Å². The summed E-state index contributed by atoms with van der Waals surface area (Å²) in [6, 6.07) is 6.11. The van der Waals surface area contributed by atoms with Gasteiger partial charge in [0.05, 0.1) is 1.37 Å². The summed E-state index contributed by atoms with van der Waals surface area (Å²) in [6.45, 7) is 2.83. The van der Waals surface area contributed by atoms with Gasteiger partial charge in [-0.1, -0.05) is 25.1 Å². The topological polar surface area (TPSA) is 20.3 Å². The minimum absolute atomic E-state index is 0.190. The number of benzene rings is 1. The summed E-state index contributed by atoms with van der Waals surface area (Å²) in [6.07, 6.45) is 2.38. The first-order valence-electron chi connectivity index (χ1n) is 5.63. The molecule has 1 saturated heterocycles. The average molecular weight is 190 g/mol. The van der Waals surface area contributed by atoms with Crippen molar-refractivity contribution in [2.75, 3.05) is 11.4 Å². The van der Waals surface area contributed by atoms with Gasteiger partial charge in [-0.05, 0) is 24.5 Å². The number of amides is 1. The van der Waals surface area contributed by atoms with Crippen molar-refractivity contribution in [3.63, 3.8) is 0 Å². The van der Waals surface area contributed by atoms with Gasteiger partial charge in [0.2, 0.25) is 5.91 Å². The largest absolute Gasteiger partial charge is 0.312 e. The van der Waals surface area contributed by atoms with Crippen molar-refractivity contribution < 1.29 is 6.17 Å². The molecule has 0 aromatic heterocycles. The molecule has 1 aliphatic rings. The van der Waals surface area contributed by atoms with E-state index in [1.165, 1.54) is 0 Å². The zero-order chi connectivity index (χ0) is 10.8. The van der Waals surface area contributed by atoms with Crippen LogP contribution < -0.4 is 4.90 Å². The molecule has 1 amide bonds. The summed E-state index contributed by atoms with van der Waals surface area (Å²) in [5, 5.41) is 0. The van der Waals surface area contributed by atoms with Gasteiger partial charge in [-0.3, -0.25) is 4.79 Å². The third kappa shape index (κ3) is 1.52. The van der Waals surface area contributed by atoms with Crippen molar-refractivity contribution in [1.82, 2.24) is 0 Å². The average Bonchev–Trinajstić information content (AvgIpc) is 2.64. The van der Waals surface area contributed by atoms with Gasteiger partial charge >= 0.3 is 0 Å². The van der Waals surface area contributed by atoms with Crippen molar-refractivity contribution in [2.45, 2.75) is 26.2 Å². The molecule has 2 rings (SSSR count). The summed E-state index contributed by atoms with van der Waals surface area (Å²) in [7, 11) is 0. The lowest BCUT2D eigenvalue weighted by molar-refractivity contribution is -0.117. The normalized spacial score (nSPS) is 17.4. The molecule has 1 aliphatic heterocycles. The standard InChI is InChI=1S/C12H15NO/c1-2-10-6-3-4-7-11(10)13-9-5-8-12(13)14/h3-4,6-7H,2,5,8-9H2,1H3/i6D. The van der Waals surface area contributed by atoms with Crippen LogP contribution in [0.3, 0.4) is 0 Å². The third-order valence-corrected chi connectivity index (χ3v) is 2.63. The number of nitrogens with zero attached hydrogens (tertiary/aromatic N) is 1. The molecule has 0 spiro atoms. The summed E-state index contributed by atoms with van der Waals surface area (Å²) in [4.78, 5) is 13.4. The SMILES string of the molecule is [2H]c1cccc(N2CCCC2=O)c1CC. The van der Waals surface area contributed by atoms with Crippen molar-refractivity contribution >= 4 is 11.6 Å². The zero-order valence-corrected chi connectivity index (χ0v) is 8.42. The molecule has 1 heterocycles. The van der Waals surface area contributed by atoms with E-state index in [0.717, 1.165) is 30.6 Å². The molecule has 0 bridgehead atoms. The second-order valence-corrected chi connectivity index (χ2v) is 3.54. The number of hydrogen-bond donors (Lipinski definition) is 0. The van der Waals surface area contributed by atoms with Crippen molar-refractivity contribution in [3.8, 4) is 0 Å². The highest BCUT2D eigenvalue weighted by molar-refractivity contribution is 5.96. The molecule has 1 fully saturated rings. The highest BCUT2D eigenvalue weighted by Gasteiger charge is 2.22. The molecule has 74 valence electrons. The molecule has 1 aromatic carbocycles. The predicted molar refractivity (Wildman–Crippen MR) is 57.4 cm³/mol. The summed E-state index contributed by atoms with van der Waals surface area (Å²) >= 11 is 0. The molecule has 2 nitrogen and oxygen atoms in total. The van der Waals surface area contributed by atoms with Gasteiger partial charge in [0, 0.05) is 18.7 Å². The fourth-order valence-corrected chi connectivity index (χ4v) is 1.90. The number of hydrogen-bond acceptors (Lipinski definition) is 1. The van der Waals surface area contributed by atoms with Gasteiger partial charge in [-0.15, -0.1) is 0 Å². The number of carbonyl (C=O) groups excluding carboxylic acids is 1. The Kier molecular flexibility index (Phi) is 2.20. The van der Waals surface area contributed by atoms with Crippen molar-refractivity contribution in [3.05, 3.63) is 29.8 Å². The molecule has 0 N–H and O–H groups in total. The predicted octanol–water partition coefficient (Wildman–Crippen LogP) is 2.38. The summed E-state index contributed by atoms with van der Waals surface area (Å²) in [5.41, 5.74) is 1.92. The third-order valence-electron chi connectivity index (χ3n) is 2.63. The highest BCUT2D eigenvalue weighted by Crippen LogP contribution is 2.25. The second-order valence-electron chi connectivity index (χ2n) is 3.54. The Balaban J connectivity index is 2.42. The number of carbonyl (C=O) groups is 1. The second kappa shape index (κ2) is 3.82. The van der Waals surface area contributed by atoms with Gasteiger partial charge in [0.15, 0.2) is 0 Å². The van der Waals surface area contributed by atoms with E-state index in [0.29, 0.717) is 12.5 Å². The van der Waals surface area contributed by atoms with Crippen LogP contribution in [0.2, 0.25) is 0 Å². The Morgan fingerprint density at radius 3 is 3.07 bits per heavy atom. The quantitative estimate of drug-likeness (QED) is 0.701. The van der Waals surface area contributed by atoms with Crippen LogP contribution in [0, 0.1) is 0 Å². The Morgan fingerprint density at radius 2 is 2.43 bits per heavy atom. The van der Waals surface area contributed by atoms with Gasteiger partial charge in [-0.2, -0.15) is 0 Å². The van der Waals surface area contributed by atoms with E-state index in [4.69, 9.17) is 1.37 Å². The maximum Gasteiger partial charge on any atom is 0.227 e. The van der Waals surface area contributed by atoms with Crippen LogP contribution in [-0.4, -0.2) is 12.5 Å². The Labute approximate surface area is 85.9 Å². The van der Waals surface area contributed by atoms with Crippen LogP contribution in [0.1, 0.15) is 26.7 Å². The summed E-state index contributed by atoms with van der Waals surface area (Å²) < 4.78 is 7.80. The Morgan fingerprint density at radius 1 is 1.57 bits per heavy atom. The molecule has 0 aliphatic carbocycles. The van der Waals surface area contributed by atoms with Crippen LogP contribution >= 0.6 is 0 Å². The van der Waals surface area contributed by atoms with Crippen molar-refractivity contribution in [2.24, 2.45) is 0 Å². The van der Waals surface area contributed by atoms with Gasteiger partial charge in [-0.25, -0.2) is 0 Å². The molecular weight excluding hydrogens is 174 g/mol. The first-order valence-corrected chi connectivity index (χ1v) is 5.13. The summed E-state index contributed by atoms with van der Waals surface area (Å²) in [5.74, 6) is 0.190. The van der Waals surface area contributed by atoms with E-state index in [-0.39, 0.29) is 5.91 Å². The van der Waals surface area contributed by atoms with E-state index >= 15 is 0 Å². The maximum atomic E-state index is 11.6. The molecule has 14 heavy (non-hydrogen) atoms. The lowest BCUT2D eigenvalue weighted by Gasteiger charge is -2.18. The van der Waals surface area contributed by atoms with Crippen LogP contribution in [0.4, 0.5) is 5.69 Å². The minimum Gasteiger partial charge on any atom is -0.312 e. The Hall–Kier alpha value is -1.31. The van der Waals surface area contributed by atoms with Crippen LogP contribution in [-0.2, 0) is 11.2 Å². The molecule has 0 saturated carbocycles. The lowest BCUT2D eigenvalue weighted by atomic mass is 10.1. The van der Waals surface area contributed by atoms with E-state index in [1.54, 1.807) is 6.07 Å². The number of rotatable bonds is 2. The van der Waals surface area contributed by atoms with E-state index in [2.05, 4.69) is 0 Å². The molecule has 1 aromatic rings. The van der Waals surface area contributed by atoms with Gasteiger partial charge in [0.1, 0.15) is 0 Å². The first kappa shape index (κ1) is 8.04. The molecule has 0 atom stereocenters. The smallest absolute Gasteiger partial charge is 0.227 e. The zero-order valence-electron chi connectivity index (χ0n) is 9.42. The maximum absolute atomic E-state index is 11.6. The minimum atomic E-state index is 0.190. The molecule has 2 heteroatoms. The van der Waals surface area contributed by atoms with Crippen LogP contribution in [0.25, 0.3) is 0 Å². The van der Waals surface area contributed by atoms with E-state index < -0.39 is 0 Å². The molecule has 0 radical (unpaired) electrons.